The fourth-order valence-corrected chi connectivity index (χ4v) is 2.71. The van der Waals surface area contributed by atoms with Crippen LogP contribution in [0.15, 0.2) is 28.8 Å². The maximum Gasteiger partial charge on any atom is 0.331 e. The van der Waals surface area contributed by atoms with Gasteiger partial charge in [0.1, 0.15) is 12.6 Å². The van der Waals surface area contributed by atoms with Crippen molar-refractivity contribution < 1.29 is 18.9 Å². The Kier molecular flexibility index (Phi) is 5.06. The highest BCUT2D eigenvalue weighted by atomic mass is 16.5. The number of aromatic nitrogens is 2. The van der Waals surface area contributed by atoms with Crippen molar-refractivity contribution in [2.24, 2.45) is 0 Å². The number of hydrogen-bond acceptors (Lipinski definition) is 6. The zero-order valence-corrected chi connectivity index (χ0v) is 15.2. The fourth-order valence-electron chi connectivity index (χ4n) is 2.71. The van der Waals surface area contributed by atoms with Crippen LogP contribution in [0.4, 0.5) is 21.0 Å². The number of amides is 5. The van der Waals surface area contributed by atoms with Gasteiger partial charge in [0, 0.05) is 12.7 Å². The summed E-state index contributed by atoms with van der Waals surface area (Å²) in [6.07, 6.45) is 0.568. The fraction of sp³-hybridized carbons (Fsp3) is 0.353. The Bertz CT molecular complexity index is 880. The molecule has 1 aromatic heterocycles. The molecule has 1 aliphatic heterocycles. The number of carbonyl (C=O) groups is 3. The van der Waals surface area contributed by atoms with E-state index in [1.54, 1.807) is 38.2 Å². The summed E-state index contributed by atoms with van der Waals surface area (Å²) in [5, 5.41) is 9.16. The molecule has 142 valence electrons. The van der Waals surface area contributed by atoms with Crippen LogP contribution in [0.25, 0.3) is 0 Å². The summed E-state index contributed by atoms with van der Waals surface area (Å²) in [5.74, 6) is 0.500. The molecule has 0 aliphatic carbocycles. The van der Waals surface area contributed by atoms with E-state index in [9.17, 15) is 14.4 Å². The normalized spacial score (nSPS) is 15.2. The minimum atomic E-state index is -0.467. The average Bonchev–Trinajstić information content (AvgIpc) is 3.16. The van der Waals surface area contributed by atoms with Crippen LogP contribution >= 0.6 is 0 Å². The number of nitrogens with one attached hydrogen (secondary N) is 2. The molecule has 0 saturated carbocycles. The molecule has 0 radical (unpaired) electrons. The molecule has 1 saturated heterocycles. The number of urea groups is 2. The molecule has 0 spiro atoms. The van der Waals surface area contributed by atoms with Crippen LogP contribution in [0, 0.1) is 6.92 Å². The predicted molar refractivity (Wildman–Crippen MR) is 96.2 cm³/mol. The number of anilines is 2. The van der Waals surface area contributed by atoms with Crippen LogP contribution in [0.3, 0.4) is 0 Å². The minimum absolute atomic E-state index is 0.0265. The molecule has 3 rings (SSSR count). The van der Waals surface area contributed by atoms with E-state index in [4.69, 9.17) is 4.52 Å². The molecule has 27 heavy (non-hydrogen) atoms. The SMILES string of the molecule is CCC(NC(=O)Nc1cccc(N2C(=O)CN(C)C2=O)c1)c1nc(C)no1. The minimum Gasteiger partial charge on any atom is -0.337 e. The highest BCUT2D eigenvalue weighted by Gasteiger charge is 2.34. The number of rotatable bonds is 5. The van der Waals surface area contributed by atoms with Gasteiger partial charge in [-0.1, -0.05) is 18.1 Å². The molecule has 2 N–H and O–H groups in total. The van der Waals surface area contributed by atoms with Crippen molar-refractivity contribution in [2.75, 3.05) is 23.8 Å². The Balaban J connectivity index is 1.70. The number of hydrogen-bond donors (Lipinski definition) is 2. The summed E-state index contributed by atoms with van der Waals surface area (Å²) in [7, 11) is 1.56. The van der Waals surface area contributed by atoms with Gasteiger partial charge in [-0.2, -0.15) is 4.98 Å². The average molecular weight is 372 g/mol. The van der Waals surface area contributed by atoms with Crippen LogP contribution < -0.4 is 15.5 Å². The van der Waals surface area contributed by atoms with Gasteiger partial charge in [0.05, 0.1) is 5.69 Å². The van der Waals surface area contributed by atoms with Crippen LogP contribution in [-0.2, 0) is 4.79 Å². The van der Waals surface area contributed by atoms with E-state index in [0.29, 0.717) is 29.5 Å². The van der Waals surface area contributed by atoms with Gasteiger partial charge in [-0.3, -0.25) is 4.79 Å². The second kappa shape index (κ2) is 7.44. The number of imide groups is 1. The summed E-state index contributed by atoms with van der Waals surface area (Å²) in [6, 6.07) is 5.22. The van der Waals surface area contributed by atoms with Crippen LogP contribution in [0.1, 0.15) is 31.1 Å². The molecular weight excluding hydrogens is 352 g/mol. The zero-order chi connectivity index (χ0) is 19.6. The summed E-state index contributed by atoms with van der Waals surface area (Å²) >= 11 is 0. The van der Waals surface area contributed by atoms with Crippen molar-refractivity contribution in [3.05, 3.63) is 36.0 Å². The van der Waals surface area contributed by atoms with Crippen molar-refractivity contribution in [3.8, 4) is 0 Å². The monoisotopic (exact) mass is 372 g/mol. The van der Waals surface area contributed by atoms with Crippen molar-refractivity contribution in [3.63, 3.8) is 0 Å². The zero-order valence-electron chi connectivity index (χ0n) is 15.2. The van der Waals surface area contributed by atoms with Crippen molar-refractivity contribution in [1.29, 1.82) is 0 Å². The molecule has 1 aliphatic rings. The Hall–Kier alpha value is -3.43. The number of likely N-dealkylation sites (N-methyl/N-ethyl adjacent to an activating group) is 1. The standard InChI is InChI=1S/C17H20N6O4/c1-4-13(15-18-10(2)21-27-15)20-16(25)19-11-6-5-7-12(8-11)23-14(24)9-22(3)17(23)26/h5-8,13H,4,9H2,1-3H3,(H2,19,20,25). The van der Waals surface area contributed by atoms with Gasteiger partial charge in [-0.25, -0.2) is 14.5 Å². The van der Waals surface area contributed by atoms with Crippen molar-refractivity contribution in [1.82, 2.24) is 20.4 Å². The summed E-state index contributed by atoms with van der Waals surface area (Å²) in [4.78, 5) is 43.0. The van der Waals surface area contributed by atoms with E-state index in [-0.39, 0.29) is 12.5 Å². The lowest BCUT2D eigenvalue weighted by Crippen LogP contribution is -2.33. The molecule has 1 atom stereocenters. The third-order valence-electron chi connectivity index (χ3n) is 4.06. The quantitative estimate of drug-likeness (QED) is 0.775. The molecule has 10 nitrogen and oxygen atoms in total. The Labute approximate surface area is 155 Å². The first kappa shape index (κ1) is 18.4. The second-order valence-corrected chi connectivity index (χ2v) is 6.16. The molecular formula is C17H20N6O4. The lowest BCUT2D eigenvalue weighted by Gasteiger charge is -2.16. The lowest BCUT2D eigenvalue weighted by atomic mass is 10.2. The second-order valence-electron chi connectivity index (χ2n) is 6.16. The van der Waals surface area contributed by atoms with E-state index in [1.165, 1.54) is 4.90 Å². The highest BCUT2D eigenvalue weighted by molar-refractivity contribution is 6.19. The number of carbonyl (C=O) groups excluding carboxylic acids is 3. The van der Waals surface area contributed by atoms with Crippen LogP contribution in [0.5, 0.6) is 0 Å². The number of aryl methyl sites for hydroxylation is 1. The van der Waals surface area contributed by atoms with Gasteiger partial charge >= 0.3 is 12.1 Å². The summed E-state index contributed by atoms with van der Waals surface area (Å²) in [5.41, 5.74) is 0.837. The molecule has 0 bridgehead atoms. The first-order chi connectivity index (χ1) is 12.9. The first-order valence-electron chi connectivity index (χ1n) is 8.45. The lowest BCUT2D eigenvalue weighted by molar-refractivity contribution is -0.116. The van der Waals surface area contributed by atoms with E-state index in [0.717, 1.165) is 4.90 Å². The van der Waals surface area contributed by atoms with E-state index in [1.807, 2.05) is 6.92 Å². The van der Waals surface area contributed by atoms with Gasteiger partial charge in [-0.05, 0) is 31.5 Å². The van der Waals surface area contributed by atoms with Gasteiger partial charge in [0.25, 0.3) is 5.91 Å². The number of benzene rings is 1. The molecule has 2 aromatic rings. The topological polar surface area (TPSA) is 121 Å². The number of nitrogens with zero attached hydrogens (tertiary/aromatic N) is 4. The Morgan fingerprint density at radius 1 is 1.37 bits per heavy atom. The summed E-state index contributed by atoms with van der Waals surface area (Å²) in [6.45, 7) is 3.61. The van der Waals surface area contributed by atoms with Crippen LogP contribution in [-0.4, -0.2) is 46.6 Å². The molecule has 1 unspecified atom stereocenters. The first-order valence-corrected chi connectivity index (χ1v) is 8.45. The van der Waals surface area contributed by atoms with E-state index in [2.05, 4.69) is 20.8 Å². The maximum atomic E-state index is 12.3. The van der Waals surface area contributed by atoms with Gasteiger partial charge < -0.3 is 20.1 Å². The maximum absolute atomic E-state index is 12.3. The highest BCUT2D eigenvalue weighted by Crippen LogP contribution is 2.24. The smallest absolute Gasteiger partial charge is 0.331 e. The van der Waals surface area contributed by atoms with E-state index >= 15 is 0 Å². The largest absolute Gasteiger partial charge is 0.337 e. The molecule has 5 amide bonds. The predicted octanol–water partition coefficient (Wildman–Crippen LogP) is 2.05. The third-order valence-corrected chi connectivity index (χ3v) is 4.06. The molecule has 1 fully saturated rings. The summed E-state index contributed by atoms with van der Waals surface area (Å²) < 4.78 is 5.10. The van der Waals surface area contributed by atoms with Crippen molar-refractivity contribution >= 4 is 29.3 Å². The molecule has 1 aromatic carbocycles. The van der Waals surface area contributed by atoms with Gasteiger partial charge in [0.2, 0.25) is 5.89 Å². The Morgan fingerprint density at radius 2 is 2.15 bits per heavy atom. The third kappa shape index (κ3) is 3.89. The molecule has 10 heteroatoms. The molecule has 2 heterocycles. The van der Waals surface area contributed by atoms with Gasteiger partial charge in [0.15, 0.2) is 5.82 Å². The van der Waals surface area contributed by atoms with Gasteiger partial charge in [-0.15, -0.1) is 0 Å². The van der Waals surface area contributed by atoms with Crippen molar-refractivity contribution in [2.45, 2.75) is 26.3 Å². The van der Waals surface area contributed by atoms with Crippen LogP contribution in [0.2, 0.25) is 0 Å². The Morgan fingerprint density at radius 3 is 2.74 bits per heavy atom. The van der Waals surface area contributed by atoms with E-state index < -0.39 is 18.1 Å².